The summed E-state index contributed by atoms with van der Waals surface area (Å²) in [5.74, 6) is 0.843. The largest absolute Gasteiger partial charge is 0.350 e. The molecule has 2 aromatic rings. The van der Waals surface area contributed by atoms with Crippen molar-refractivity contribution in [3.05, 3.63) is 35.0 Å². The minimum atomic E-state index is 0.843. The summed E-state index contributed by atoms with van der Waals surface area (Å²) in [6.45, 7) is 6.00. The van der Waals surface area contributed by atoms with Crippen molar-refractivity contribution < 1.29 is 0 Å². The highest BCUT2D eigenvalue weighted by Crippen LogP contribution is 2.44. The molecule has 1 aliphatic heterocycles. The van der Waals surface area contributed by atoms with Gasteiger partial charge in [-0.15, -0.1) is 0 Å². The van der Waals surface area contributed by atoms with Crippen molar-refractivity contribution in [2.75, 3.05) is 13.1 Å². The zero-order valence-corrected chi connectivity index (χ0v) is 12.7. The summed E-state index contributed by atoms with van der Waals surface area (Å²) < 4.78 is 2.29. The van der Waals surface area contributed by atoms with E-state index in [2.05, 4.69) is 41.8 Å². The van der Waals surface area contributed by atoms with Gasteiger partial charge in [0, 0.05) is 25.2 Å². The first-order valence-corrected chi connectivity index (χ1v) is 8.04. The van der Waals surface area contributed by atoms with Gasteiger partial charge in [0.05, 0.1) is 5.52 Å². The monoisotopic (exact) mass is 268 g/mol. The molecule has 20 heavy (non-hydrogen) atoms. The molecule has 0 spiro atoms. The number of hydrogen-bond acceptors (Lipinski definition) is 1. The highest BCUT2D eigenvalue weighted by Gasteiger charge is 2.28. The summed E-state index contributed by atoms with van der Waals surface area (Å²) >= 11 is 0. The molecule has 0 radical (unpaired) electrons. The third kappa shape index (κ3) is 1.98. The fourth-order valence-corrected chi connectivity index (χ4v) is 3.91. The molecule has 0 bridgehead atoms. The Hall–Kier alpha value is -1.28. The number of rotatable bonds is 3. The Labute approximate surface area is 121 Å². The maximum atomic E-state index is 2.64. The summed E-state index contributed by atoms with van der Waals surface area (Å²) in [6, 6.07) is 4.81. The van der Waals surface area contributed by atoms with Gasteiger partial charge in [-0.1, -0.05) is 6.07 Å². The van der Waals surface area contributed by atoms with Gasteiger partial charge < -0.3 is 4.57 Å². The zero-order chi connectivity index (χ0) is 13.7. The quantitative estimate of drug-likeness (QED) is 0.818. The van der Waals surface area contributed by atoms with Crippen molar-refractivity contribution in [3.63, 3.8) is 0 Å². The lowest BCUT2D eigenvalue weighted by Crippen LogP contribution is -2.19. The fraction of sp³-hybridized carbons (Fsp3) is 0.556. The Kier molecular flexibility index (Phi) is 2.88. The maximum Gasteiger partial charge on any atom is 0.0510 e. The fourth-order valence-electron chi connectivity index (χ4n) is 3.91. The normalized spacial score (nSPS) is 20.1. The molecule has 1 aromatic heterocycles. The lowest BCUT2D eigenvalue weighted by Gasteiger charge is -2.20. The summed E-state index contributed by atoms with van der Waals surface area (Å²) in [5.41, 5.74) is 6.15. The third-order valence-electron chi connectivity index (χ3n) is 5.09. The first-order valence-electron chi connectivity index (χ1n) is 8.04. The van der Waals surface area contributed by atoms with E-state index in [0.717, 1.165) is 12.5 Å². The molecule has 2 heterocycles. The van der Waals surface area contributed by atoms with E-state index in [4.69, 9.17) is 0 Å². The van der Waals surface area contributed by atoms with Crippen LogP contribution < -0.4 is 0 Å². The van der Waals surface area contributed by atoms with Crippen LogP contribution in [0.1, 0.15) is 48.3 Å². The molecule has 4 rings (SSSR count). The van der Waals surface area contributed by atoms with Gasteiger partial charge in [0.15, 0.2) is 0 Å². The Morgan fingerprint density at radius 2 is 1.95 bits per heavy atom. The molecule has 0 amide bonds. The average molecular weight is 268 g/mol. The number of hydrogen-bond donors (Lipinski definition) is 0. The van der Waals surface area contributed by atoms with E-state index in [0.29, 0.717) is 0 Å². The highest BCUT2D eigenvalue weighted by molar-refractivity contribution is 5.88. The van der Waals surface area contributed by atoms with Gasteiger partial charge in [-0.3, -0.25) is 4.90 Å². The molecule has 106 valence electrons. The molecule has 2 aliphatic rings. The Balaban J connectivity index is 1.85. The van der Waals surface area contributed by atoms with Crippen LogP contribution in [0.5, 0.6) is 0 Å². The van der Waals surface area contributed by atoms with Gasteiger partial charge in [0.1, 0.15) is 0 Å². The number of aromatic nitrogens is 1. The summed E-state index contributed by atoms with van der Waals surface area (Å²) in [5, 5.41) is 1.50. The average Bonchev–Trinajstić information content (AvgIpc) is 3.00. The van der Waals surface area contributed by atoms with Crippen LogP contribution in [0.4, 0.5) is 0 Å². The van der Waals surface area contributed by atoms with E-state index in [1.54, 1.807) is 11.1 Å². The van der Waals surface area contributed by atoms with Gasteiger partial charge >= 0.3 is 0 Å². The van der Waals surface area contributed by atoms with Crippen molar-refractivity contribution in [2.24, 2.45) is 7.05 Å². The SMILES string of the molecule is Cc1cc(C2CC2)c(CN2CCCC2)c2ccn(C)c12. The first kappa shape index (κ1) is 12.5. The predicted octanol–water partition coefficient (Wildman–Crippen LogP) is 3.96. The van der Waals surface area contributed by atoms with Crippen molar-refractivity contribution in [3.8, 4) is 0 Å². The van der Waals surface area contributed by atoms with Gasteiger partial charge in [0.25, 0.3) is 0 Å². The molecule has 1 saturated heterocycles. The van der Waals surface area contributed by atoms with Crippen LogP contribution in [-0.2, 0) is 13.6 Å². The van der Waals surface area contributed by atoms with Gasteiger partial charge in [-0.25, -0.2) is 0 Å². The van der Waals surface area contributed by atoms with Crippen LogP contribution in [0, 0.1) is 6.92 Å². The van der Waals surface area contributed by atoms with Crippen LogP contribution in [0.15, 0.2) is 18.3 Å². The van der Waals surface area contributed by atoms with Crippen LogP contribution in [-0.4, -0.2) is 22.6 Å². The Morgan fingerprint density at radius 3 is 2.65 bits per heavy atom. The molecule has 2 fully saturated rings. The van der Waals surface area contributed by atoms with Crippen molar-refractivity contribution in [1.82, 2.24) is 9.47 Å². The predicted molar refractivity (Wildman–Crippen MR) is 84.1 cm³/mol. The maximum absolute atomic E-state index is 2.64. The van der Waals surface area contributed by atoms with Crippen molar-refractivity contribution in [2.45, 2.75) is 45.1 Å². The van der Waals surface area contributed by atoms with E-state index >= 15 is 0 Å². The third-order valence-corrected chi connectivity index (χ3v) is 5.09. The smallest absolute Gasteiger partial charge is 0.0510 e. The molecular formula is C18H24N2. The number of aryl methyl sites for hydroxylation is 2. The standard InChI is InChI=1S/C18H24N2/c1-13-11-16(14-5-6-14)17(12-20-8-3-4-9-20)15-7-10-19(2)18(13)15/h7,10-11,14H,3-6,8-9,12H2,1-2H3. The summed E-state index contributed by atoms with van der Waals surface area (Å²) in [6.07, 6.45) is 7.77. The van der Waals surface area contributed by atoms with E-state index in [9.17, 15) is 0 Å². The number of likely N-dealkylation sites (tertiary alicyclic amines) is 1. The second kappa shape index (κ2) is 4.63. The topological polar surface area (TPSA) is 8.17 Å². The molecule has 2 nitrogen and oxygen atoms in total. The van der Waals surface area contributed by atoms with Gasteiger partial charge in [-0.05, 0) is 74.4 Å². The Bertz CT molecular complexity index is 643. The molecular weight excluding hydrogens is 244 g/mol. The van der Waals surface area contributed by atoms with Crippen LogP contribution in [0.3, 0.4) is 0 Å². The van der Waals surface area contributed by atoms with E-state index in [1.165, 1.54) is 55.2 Å². The molecule has 0 atom stereocenters. The lowest BCUT2D eigenvalue weighted by atomic mass is 9.96. The molecule has 1 saturated carbocycles. The highest BCUT2D eigenvalue weighted by atomic mass is 15.1. The second-order valence-electron chi connectivity index (χ2n) is 6.71. The molecule has 1 aliphatic carbocycles. The Morgan fingerprint density at radius 1 is 1.20 bits per heavy atom. The lowest BCUT2D eigenvalue weighted by molar-refractivity contribution is 0.331. The van der Waals surface area contributed by atoms with E-state index in [-0.39, 0.29) is 0 Å². The molecule has 0 unspecified atom stereocenters. The second-order valence-corrected chi connectivity index (χ2v) is 6.71. The number of benzene rings is 1. The zero-order valence-electron chi connectivity index (χ0n) is 12.7. The number of fused-ring (bicyclic) bond motifs is 1. The van der Waals surface area contributed by atoms with Crippen LogP contribution in [0.25, 0.3) is 10.9 Å². The minimum Gasteiger partial charge on any atom is -0.350 e. The van der Waals surface area contributed by atoms with Gasteiger partial charge in [-0.2, -0.15) is 0 Å². The molecule has 0 N–H and O–H groups in total. The summed E-state index contributed by atoms with van der Waals surface area (Å²) in [7, 11) is 2.17. The van der Waals surface area contributed by atoms with Crippen LogP contribution >= 0.6 is 0 Å². The number of nitrogens with zero attached hydrogens (tertiary/aromatic N) is 2. The summed E-state index contributed by atoms with van der Waals surface area (Å²) in [4.78, 5) is 2.64. The molecule has 2 heteroatoms. The van der Waals surface area contributed by atoms with Crippen LogP contribution in [0.2, 0.25) is 0 Å². The van der Waals surface area contributed by atoms with E-state index in [1.807, 2.05) is 0 Å². The van der Waals surface area contributed by atoms with Crippen molar-refractivity contribution >= 4 is 10.9 Å². The minimum absolute atomic E-state index is 0.843. The molecule has 1 aromatic carbocycles. The van der Waals surface area contributed by atoms with Gasteiger partial charge in [0.2, 0.25) is 0 Å². The van der Waals surface area contributed by atoms with Crippen molar-refractivity contribution in [1.29, 1.82) is 0 Å². The van der Waals surface area contributed by atoms with E-state index < -0.39 is 0 Å². The first-order chi connectivity index (χ1) is 9.74.